The quantitative estimate of drug-likeness (QED) is 0.491. The summed E-state index contributed by atoms with van der Waals surface area (Å²) in [6, 6.07) is 16.1. The van der Waals surface area contributed by atoms with Gasteiger partial charge in [-0.1, -0.05) is 48.5 Å². The highest BCUT2D eigenvalue weighted by atomic mass is 32.2. The van der Waals surface area contributed by atoms with Crippen molar-refractivity contribution in [3.63, 3.8) is 0 Å². The van der Waals surface area contributed by atoms with Gasteiger partial charge in [0.1, 0.15) is 11.5 Å². The Kier molecular flexibility index (Phi) is 5.59. The molecule has 0 aliphatic rings. The lowest BCUT2D eigenvalue weighted by molar-refractivity contribution is -0.118. The number of nitrogens with one attached hydrogen (secondary N) is 1. The molecule has 1 N–H and O–H groups in total. The fraction of sp³-hybridized carbons (Fsp3) is 0.118. The number of ketones is 1. The first-order valence-electron chi connectivity index (χ1n) is 7.11. The minimum Gasteiger partial charge on any atom is -0.287 e. The smallest absolute Gasteiger partial charge is 0.255 e. The van der Waals surface area contributed by atoms with E-state index >= 15 is 0 Å². The molecule has 1 amide bonds. The Bertz CT molecular complexity index is 860. The van der Waals surface area contributed by atoms with Gasteiger partial charge >= 0.3 is 0 Å². The molecule has 6 nitrogen and oxygen atoms in total. The molecule has 0 heterocycles. The lowest BCUT2D eigenvalue weighted by atomic mass is 10.1. The molecular weight excluding hydrogens is 328 g/mol. The second-order valence-corrected chi connectivity index (χ2v) is 6.99. The SMILES string of the molecule is CC(=NNC(=O)CS(=O)(=O)c1ccccc1)C(=O)c1ccccc1. The van der Waals surface area contributed by atoms with Gasteiger partial charge in [0.25, 0.3) is 5.91 Å². The zero-order chi connectivity index (χ0) is 17.6. The van der Waals surface area contributed by atoms with Crippen LogP contribution < -0.4 is 5.43 Å². The normalized spacial score (nSPS) is 11.8. The molecule has 0 saturated heterocycles. The maximum absolute atomic E-state index is 12.1. The minimum atomic E-state index is -3.75. The minimum absolute atomic E-state index is 0.0567. The van der Waals surface area contributed by atoms with Crippen molar-refractivity contribution in [2.45, 2.75) is 11.8 Å². The molecule has 24 heavy (non-hydrogen) atoms. The zero-order valence-electron chi connectivity index (χ0n) is 13.0. The summed E-state index contributed by atoms with van der Waals surface area (Å²) in [6.07, 6.45) is 0. The molecule has 0 aliphatic carbocycles. The summed E-state index contributed by atoms with van der Waals surface area (Å²) in [5.74, 6) is -1.89. The van der Waals surface area contributed by atoms with Gasteiger partial charge in [-0.25, -0.2) is 13.8 Å². The van der Waals surface area contributed by atoms with Crippen LogP contribution in [0.15, 0.2) is 70.7 Å². The fourth-order valence-corrected chi connectivity index (χ4v) is 3.06. The van der Waals surface area contributed by atoms with Crippen LogP contribution in [0.4, 0.5) is 0 Å². The first-order chi connectivity index (χ1) is 11.4. The average molecular weight is 344 g/mol. The van der Waals surface area contributed by atoms with Crippen LogP contribution in [0, 0.1) is 0 Å². The van der Waals surface area contributed by atoms with E-state index in [2.05, 4.69) is 10.5 Å². The Morgan fingerprint density at radius 1 is 0.958 bits per heavy atom. The monoisotopic (exact) mass is 344 g/mol. The highest BCUT2D eigenvalue weighted by Crippen LogP contribution is 2.09. The Morgan fingerprint density at radius 3 is 2.08 bits per heavy atom. The van der Waals surface area contributed by atoms with Gasteiger partial charge in [0.2, 0.25) is 5.78 Å². The summed E-state index contributed by atoms with van der Waals surface area (Å²) in [4.78, 5) is 23.9. The van der Waals surface area contributed by atoms with Gasteiger partial charge in [-0.2, -0.15) is 5.10 Å². The summed E-state index contributed by atoms with van der Waals surface area (Å²) in [6.45, 7) is 1.45. The third-order valence-corrected chi connectivity index (χ3v) is 4.77. The average Bonchev–Trinajstić information content (AvgIpc) is 2.60. The maximum atomic E-state index is 12.1. The van der Waals surface area contributed by atoms with Crippen LogP contribution in [-0.4, -0.2) is 31.6 Å². The van der Waals surface area contributed by atoms with Gasteiger partial charge in [-0.3, -0.25) is 9.59 Å². The molecule has 2 rings (SSSR count). The Morgan fingerprint density at radius 2 is 1.50 bits per heavy atom. The first-order valence-corrected chi connectivity index (χ1v) is 8.76. The fourth-order valence-electron chi connectivity index (χ4n) is 1.91. The van der Waals surface area contributed by atoms with E-state index < -0.39 is 21.5 Å². The first kappa shape index (κ1) is 17.6. The third-order valence-electron chi connectivity index (χ3n) is 3.14. The molecule has 0 unspecified atom stereocenters. The largest absolute Gasteiger partial charge is 0.287 e. The molecule has 0 bridgehead atoms. The molecular formula is C17H16N2O4S. The number of rotatable bonds is 6. The van der Waals surface area contributed by atoms with E-state index in [4.69, 9.17) is 0 Å². The predicted molar refractivity (Wildman–Crippen MR) is 90.5 cm³/mol. The lowest BCUT2D eigenvalue weighted by Crippen LogP contribution is -2.28. The van der Waals surface area contributed by atoms with E-state index in [1.807, 2.05) is 0 Å². The van der Waals surface area contributed by atoms with Gasteiger partial charge in [-0.05, 0) is 19.1 Å². The third kappa shape index (κ3) is 4.60. The van der Waals surface area contributed by atoms with Gasteiger partial charge in [0, 0.05) is 5.56 Å². The maximum Gasteiger partial charge on any atom is 0.255 e. The van der Waals surface area contributed by atoms with Crippen molar-refractivity contribution in [2.24, 2.45) is 5.10 Å². The highest BCUT2D eigenvalue weighted by molar-refractivity contribution is 7.92. The van der Waals surface area contributed by atoms with Crippen LogP contribution in [0.25, 0.3) is 0 Å². The molecule has 124 valence electrons. The topological polar surface area (TPSA) is 92.7 Å². The second-order valence-electron chi connectivity index (χ2n) is 5.00. The molecule has 0 aliphatic heterocycles. The van der Waals surface area contributed by atoms with Crippen LogP contribution in [0.5, 0.6) is 0 Å². The highest BCUT2D eigenvalue weighted by Gasteiger charge is 2.19. The second kappa shape index (κ2) is 7.65. The van der Waals surface area contributed by atoms with Crippen LogP contribution >= 0.6 is 0 Å². The van der Waals surface area contributed by atoms with Gasteiger partial charge in [0.15, 0.2) is 9.84 Å². The standard InChI is InChI=1S/C17H16N2O4S/c1-13(17(21)14-8-4-2-5-9-14)18-19-16(20)12-24(22,23)15-10-6-3-7-11-15/h2-11H,12H2,1H3,(H,19,20). The zero-order valence-corrected chi connectivity index (χ0v) is 13.8. The summed E-state index contributed by atoms with van der Waals surface area (Å²) >= 11 is 0. The van der Waals surface area contributed by atoms with E-state index in [-0.39, 0.29) is 16.4 Å². The Labute approximate surface area is 140 Å². The number of amides is 1. The van der Waals surface area contributed by atoms with E-state index in [0.29, 0.717) is 5.56 Å². The molecule has 0 spiro atoms. The van der Waals surface area contributed by atoms with Crippen molar-refractivity contribution in [1.29, 1.82) is 0 Å². The number of Topliss-reactive ketones (excluding diaryl/α,β-unsaturated/α-hetero) is 1. The molecule has 2 aromatic carbocycles. The number of sulfone groups is 1. The van der Waals surface area contributed by atoms with Crippen LogP contribution in [0.2, 0.25) is 0 Å². The lowest BCUT2D eigenvalue weighted by Gasteiger charge is -2.04. The molecule has 0 saturated carbocycles. The number of nitrogens with zero attached hydrogens (tertiary/aromatic N) is 1. The van der Waals surface area contributed by atoms with Crippen molar-refractivity contribution in [1.82, 2.24) is 5.43 Å². The van der Waals surface area contributed by atoms with Crippen LogP contribution in [0.1, 0.15) is 17.3 Å². The van der Waals surface area contributed by atoms with Crippen molar-refractivity contribution in [3.05, 3.63) is 66.2 Å². The van der Waals surface area contributed by atoms with E-state index in [1.54, 1.807) is 48.5 Å². The number of carbonyl (C=O) groups is 2. The summed E-state index contributed by atoms with van der Waals surface area (Å²) in [5.41, 5.74) is 2.60. The summed E-state index contributed by atoms with van der Waals surface area (Å²) in [7, 11) is -3.75. The summed E-state index contributed by atoms with van der Waals surface area (Å²) < 4.78 is 24.1. The molecule has 0 atom stereocenters. The molecule has 0 radical (unpaired) electrons. The number of benzene rings is 2. The number of hydrogen-bond acceptors (Lipinski definition) is 5. The summed E-state index contributed by atoms with van der Waals surface area (Å²) in [5, 5.41) is 3.68. The molecule has 2 aromatic rings. The number of carbonyl (C=O) groups excluding carboxylic acids is 2. The Hall–Kier alpha value is -2.80. The van der Waals surface area contributed by atoms with Gasteiger partial charge in [0.05, 0.1) is 4.90 Å². The van der Waals surface area contributed by atoms with Crippen molar-refractivity contribution >= 4 is 27.2 Å². The number of hydrogen-bond donors (Lipinski definition) is 1. The van der Waals surface area contributed by atoms with E-state index in [1.165, 1.54) is 19.1 Å². The van der Waals surface area contributed by atoms with Crippen LogP contribution in [-0.2, 0) is 14.6 Å². The Balaban J connectivity index is 2.01. The number of hydrazone groups is 1. The van der Waals surface area contributed by atoms with E-state index in [0.717, 1.165) is 0 Å². The van der Waals surface area contributed by atoms with Gasteiger partial charge < -0.3 is 0 Å². The van der Waals surface area contributed by atoms with E-state index in [9.17, 15) is 18.0 Å². The van der Waals surface area contributed by atoms with Gasteiger partial charge in [-0.15, -0.1) is 0 Å². The molecule has 7 heteroatoms. The molecule has 0 aromatic heterocycles. The van der Waals surface area contributed by atoms with Crippen molar-refractivity contribution in [2.75, 3.05) is 5.75 Å². The predicted octanol–water partition coefficient (Wildman–Crippen LogP) is 1.84. The van der Waals surface area contributed by atoms with Crippen molar-refractivity contribution < 1.29 is 18.0 Å². The van der Waals surface area contributed by atoms with Crippen molar-refractivity contribution in [3.8, 4) is 0 Å². The van der Waals surface area contributed by atoms with Crippen LogP contribution in [0.3, 0.4) is 0 Å². The molecule has 0 fully saturated rings.